The van der Waals surface area contributed by atoms with Gasteiger partial charge in [-0.1, -0.05) is 12.1 Å². The number of hydrogen-bond acceptors (Lipinski definition) is 5. The van der Waals surface area contributed by atoms with Gasteiger partial charge in [0, 0.05) is 32.2 Å². The minimum absolute atomic E-state index is 0.0124. The maximum absolute atomic E-state index is 13.0. The molecule has 0 radical (unpaired) electrons. The normalized spacial score (nSPS) is 21.8. The molecule has 154 valence electrons. The van der Waals surface area contributed by atoms with Crippen LogP contribution in [0.15, 0.2) is 30.3 Å². The van der Waals surface area contributed by atoms with Crippen LogP contribution in [-0.2, 0) is 17.8 Å². The van der Waals surface area contributed by atoms with E-state index in [0.29, 0.717) is 44.1 Å². The Balaban J connectivity index is 1.48. The molecule has 1 aromatic heterocycles. The van der Waals surface area contributed by atoms with Crippen molar-refractivity contribution in [2.75, 3.05) is 26.7 Å². The van der Waals surface area contributed by atoms with E-state index in [0.717, 1.165) is 11.3 Å². The van der Waals surface area contributed by atoms with Crippen molar-refractivity contribution in [1.29, 1.82) is 0 Å². The average Bonchev–Trinajstić information content (AvgIpc) is 3.14. The van der Waals surface area contributed by atoms with Crippen molar-refractivity contribution in [3.05, 3.63) is 47.3 Å². The van der Waals surface area contributed by atoms with Crippen LogP contribution in [0.5, 0.6) is 5.75 Å². The number of hydrogen-bond donors (Lipinski definition) is 0. The van der Waals surface area contributed by atoms with Crippen LogP contribution in [0.2, 0.25) is 0 Å². The second kappa shape index (κ2) is 7.87. The monoisotopic (exact) mass is 398 g/mol. The summed E-state index contributed by atoms with van der Waals surface area (Å²) in [5.74, 6) is 0.525. The summed E-state index contributed by atoms with van der Waals surface area (Å²) in [5.41, 5.74) is 1.81. The molecule has 2 aromatic rings. The highest BCUT2D eigenvalue weighted by molar-refractivity contribution is 5.98. The number of benzene rings is 1. The van der Waals surface area contributed by atoms with Gasteiger partial charge < -0.3 is 19.3 Å². The number of carbonyl (C=O) groups is 2. The third-order valence-electron chi connectivity index (χ3n) is 5.33. The molecule has 8 nitrogen and oxygen atoms in total. The van der Waals surface area contributed by atoms with Gasteiger partial charge in [0.05, 0.1) is 25.9 Å². The van der Waals surface area contributed by atoms with Gasteiger partial charge in [-0.2, -0.15) is 5.10 Å². The van der Waals surface area contributed by atoms with E-state index in [1.165, 1.54) is 0 Å². The Morgan fingerprint density at radius 1 is 1.17 bits per heavy atom. The molecule has 2 aliphatic rings. The topological polar surface area (TPSA) is 76.9 Å². The summed E-state index contributed by atoms with van der Waals surface area (Å²) >= 11 is 0. The second-order valence-corrected chi connectivity index (χ2v) is 7.68. The highest BCUT2D eigenvalue weighted by atomic mass is 16.5. The summed E-state index contributed by atoms with van der Waals surface area (Å²) in [7, 11) is 1.63. The van der Waals surface area contributed by atoms with E-state index in [1.807, 2.05) is 38.1 Å². The number of fused-ring (bicyclic) bond motifs is 1. The molecule has 1 aromatic carbocycles. The van der Waals surface area contributed by atoms with Gasteiger partial charge in [-0.05, 0) is 31.5 Å². The zero-order chi connectivity index (χ0) is 20.5. The molecular weight excluding hydrogens is 372 g/mol. The molecule has 0 aliphatic carbocycles. The molecule has 29 heavy (non-hydrogen) atoms. The first-order valence-electron chi connectivity index (χ1n) is 9.89. The molecule has 4 rings (SSSR count). The Bertz CT molecular complexity index is 898. The number of rotatable bonds is 4. The minimum Gasteiger partial charge on any atom is -0.497 e. The Morgan fingerprint density at radius 2 is 1.86 bits per heavy atom. The quantitative estimate of drug-likeness (QED) is 0.785. The van der Waals surface area contributed by atoms with Crippen molar-refractivity contribution in [3.8, 4) is 5.75 Å². The maximum Gasteiger partial charge on any atom is 0.274 e. The lowest BCUT2D eigenvalue weighted by atomic mass is 10.1. The van der Waals surface area contributed by atoms with Crippen LogP contribution in [0.3, 0.4) is 0 Å². The van der Waals surface area contributed by atoms with E-state index in [-0.39, 0.29) is 24.0 Å². The van der Waals surface area contributed by atoms with Gasteiger partial charge in [0.25, 0.3) is 11.8 Å². The Labute approximate surface area is 170 Å². The van der Waals surface area contributed by atoms with Gasteiger partial charge in [-0.3, -0.25) is 14.3 Å². The molecule has 0 N–H and O–H groups in total. The third-order valence-corrected chi connectivity index (χ3v) is 5.33. The summed E-state index contributed by atoms with van der Waals surface area (Å²) < 4.78 is 12.5. The van der Waals surface area contributed by atoms with Crippen molar-refractivity contribution in [3.63, 3.8) is 0 Å². The van der Waals surface area contributed by atoms with Crippen LogP contribution >= 0.6 is 0 Å². The van der Waals surface area contributed by atoms with Crippen molar-refractivity contribution < 1.29 is 19.1 Å². The van der Waals surface area contributed by atoms with Crippen molar-refractivity contribution in [2.24, 2.45) is 0 Å². The SMILES string of the molecule is COc1ccc(CN2CCn3nc(C(=O)N4CC(C)OC(C)C4)cc3C2=O)cc1. The number of methoxy groups -OCH3 is 1. The van der Waals surface area contributed by atoms with E-state index in [1.54, 1.807) is 27.7 Å². The lowest BCUT2D eigenvalue weighted by Crippen LogP contribution is -2.48. The number of carbonyl (C=O) groups excluding carboxylic acids is 2. The molecule has 2 aliphatic heterocycles. The predicted molar refractivity (Wildman–Crippen MR) is 106 cm³/mol. The first-order chi connectivity index (χ1) is 13.9. The Morgan fingerprint density at radius 3 is 2.52 bits per heavy atom. The zero-order valence-corrected chi connectivity index (χ0v) is 17.0. The van der Waals surface area contributed by atoms with E-state index in [9.17, 15) is 9.59 Å². The molecule has 1 fully saturated rings. The molecule has 0 spiro atoms. The summed E-state index contributed by atoms with van der Waals surface area (Å²) in [5, 5.41) is 4.41. The predicted octanol–water partition coefficient (Wildman–Crippen LogP) is 1.80. The summed E-state index contributed by atoms with van der Waals surface area (Å²) in [6.07, 6.45) is -0.0249. The molecule has 1 saturated heterocycles. The lowest BCUT2D eigenvalue weighted by Gasteiger charge is -2.34. The smallest absolute Gasteiger partial charge is 0.274 e. The van der Waals surface area contributed by atoms with Gasteiger partial charge in [-0.25, -0.2) is 0 Å². The number of aromatic nitrogens is 2. The van der Waals surface area contributed by atoms with E-state index < -0.39 is 0 Å². The van der Waals surface area contributed by atoms with Gasteiger partial charge in [0.2, 0.25) is 0 Å². The fourth-order valence-corrected chi connectivity index (χ4v) is 3.95. The third kappa shape index (κ3) is 3.98. The van der Waals surface area contributed by atoms with Gasteiger partial charge in [0.1, 0.15) is 11.4 Å². The summed E-state index contributed by atoms with van der Waals surface area (Å²) in [6.45, 7) is 6.60. The van der Waals surface area contributed by atoms with E-state index in [2.05, 4.69) is 5.10 Å². The molecule has 2 unspecified atom stereocenters. The highest BCUT2D eigenvalue weighted by Crippen LogP contribution is 2.20. The van der Waals surface area contributed by atoms with Crippen LogP contribution in [0.25, 0.3) is 0 Å². The average molecular weight is 398 g/mol. The largest absolute Gasteiger partial charge is 0.497 e. The molecule has 0 saturated carbocycles. The van der Waals surface area contributed by atoms with Gasteiger partial charge in [-0.15, -0.1) is 0 Å². The highest BCUT2D eigenvalue weighted by Gasteiger charge is 2.32. The van der Waals surface area contributed by atoms with Crippen molar-refractivity contribution in [1.82, 2.24) is 19.6 Å². The van der Waals surface area contributed by atoms with Crippen LogP contribution < -0.4 is 4.74 Å². The Hall–Kier alpha value is -2.87. The molecule has 8 heteroatoms. The number of amides is 2. The second-order valence-electron chi connectivity index (χ2n) is 7.68. The van der Waals surface area contributed by atoms with E-state index >= 15 is 0 Å². The van der Waals surface area contributed by atoms with Crippen LogP contribution in [0, 0.1) is 0 Å². The number of morpholine rings is 1. The molecule has 2 atom stereocenters. The molecular formula is C21H26N4O4. The first-order valence-corrected chi connectivity index (χ1v) is 9.89. The summed E-state index contributed by atoms with van der Waals surface area (Å²) in [6, 6.07) is 9.29. The lowest BCUT2D eigenvalue weighted by molar-refractivity contribution is -0.0587. The fourth-order valence-electron chi connectivity index (χ4n) is 3.95. The summed E-state index contributed by atoms with van der Waals surface area (Å²) in [4.78, 5) is 29.4. The van der Waals surface area contributed by atoms with Crippen LogP contribution in [0.4, 0.5) is 0 Å². The fraction of sp³-hybridized carbons (Fsp3) is 0.476. The Kier molecular flexibility index (Phi) is 5.27. The standard InChI is InChI=1S/C21H26N4O4/c1-14-11-24(12-15(2)29-14)20(26)18-10-19-21(27)23(8-9-25(19)22-18)13-16-4-6-17(28-3)7-5-16/h4-7,10,14-15H,8-9,11-13H2,1-3H3. The molecule has 2 amide bonds. The van der Waals surface area contributed by atoms with Crippen LogP contribution in [-0.4, -0.2) is 70.3 Å². The van der Waals surface area contributed by atoms with Crippen molar-refractivity contribution in [2.45, 2.75) is 39.1 Å². The zero-order valence-electron chi connectivity index (χ0n) is 17.0. The number of ether oxygens (including phenoxy) is 2. The van der Waals surface area contributed by atoms with Crippen LogP contribution in [0.1, 0.15) is 40.4 Å². The molecule has 0 bridgehead atoms. The number of nitrogens with zero attached hydrogens (tertiary/aromatic N) is 4. The van der Waals surface area contributed by atoms with Gasteiger partial charge in [0.15, 0.2) is 5.69 Å². The molecule has 3 heterocycles. The minimum atomic E-state index is -0.150. The first kappa shape index (κ1) is 19.4. The van der Waals surface area contributed by atoms with Gasteiger partial charge >= 0.3 is 0 Å². The van der Waals surface area contributed by atoms with Crippen molar-refractivity contribution >= 4 is 11.8 Å². The van der Waals surface area contributed by atoms with E-state index in [4.69, 9.17) is 9.47 Å². The maximum atomic E-state index is 13.0.